The minimum Gasteiger partial charge on any atom is -0.496 e. The van der Waals surface area contributed by atoms with Gasteiger partial charge in [-0.15, -0.1) is 0 Å². The highest BCUT2D eigenvalue weighted by Gasteiger charge is 2.30. The molecule has 0 atom stereocenters. The lowest BCUT2D eigenvalue weighted by atomic mass is 10.0. The van der Waals surface area contributed by atoms with Crippen molar-refractivity contribution in [1.29, 1.82) is 0 Å². The van der Waals surface area contributed by atoms with Crippen molar-refractivity contribution in [1.82, 2.24) is 4.31 Å². The highest BCUT2D eigenvalue weighted by molar-refractivity contribution is 7.92. The zero-order valence-corrected chi connectivity index (χ0v) is 21.3. The second-order valence-corrected chi connectivity index (χ2v) is 12.0. The molecule has 2 aromatic rings. The van der Waals surface area contributed by atoms with E-state index >= 15 is 0 Å². The highest BCUT2D eigenvalue weighted by atomic mass is 32.2. The number of anilines is 1. The van der Waals surface area contributed by atoms with E-state index in [0.29, 0.717) is 24.4 Å². The van der Waals surface area contributed by atoms with Crippen molar-refractivity contribution >= 4 is 25.7 Å². The summed E-state index contributed by atoms with van der Waals surface area (Å²) < 4.78 is 67.7. The number of aryl methyl sites for hydroxylation is 1. The maximum Gasteiger partial charge on any atom is 0.262 e. The van der Waals surface area contributed by atoms with E-state index in [-0.39, 0.29) is 27.1 Å². The highest BCUT2D eigenvalue weighted by Crippen LogP contribution is 2.34. The number of ether oxygens (including phenoxy) is 2. The number of rotatable bonds is 8. The summed E-state index contributed by atoms with van der Waals surface area (Å²) in [5.74, 6) is 0.851. The SMILES string of the molecule is COc1cc(C)c(S(=O)(=O)Nc2ccc(OC)c(S(=O)(=O)N3CCCCC3)c2)cc1C(C)C. The molecule has 0 aliphatic carbocycles. The molecule has 0 saturated carbocycles. The fourth-order valence-electron chi connectivity index (χ4n) is 3.99. The van der Waals surface area contributed by atoms with Gasteiger partial charge in [-0.25, -0.2) is 16.8 Å². The second-order valence-electron chi connectivity index (χ2n) is 8.45. The number of methoxy groups -OCH3 is 2. The molecule has 0 aromatic heterocycles. The minimum atomic E-state index is -3.99. The molecule has 0 spiro atoms. The van der Waals surface area contributed by atoms with Crippen molar-refractivity contribution in [3.05, 3.63) is 41.5 Å². The average molecular weight is 497 g/mol. The lowest BCUT2D eigenvalue weighted by Gasteiger charge is -2.26. The van der Waals surface area contributed by atoms with Gasteiger partial charge in [-0.1, -0.05) is 20.3 Å². The molecule has 182 valence electrons. The van der Waals surface area contributed by atoms with Crippen molar-refractivity contribution in [2.24, 2.45) is 0 Å². The summed E-state index contributed by atoms with van der Waals surface area (Å²) in [6.45, 7) is 6.48. The molecule has 3 rings (SSSR count). The Balaban J connectivity index is 2.02. The molecule has 1 heterocycles. The van der Waals surface area contributed by atoms with Gasteiger partial charge in [0.1, 0.15) is 16.4 Å². The van der Waals surface area contributed by atoms with E-state index in [4.69, 9.17) is 9.47 Å². The van der Waals surface area contributed by atoms with Crippen LogP contribution >= 0.6 is 0 Å². The third-order valence-electron chi connectivity index (χ3n) is 5.79. The van der Waals surface area contributed by atoms with Gasteiger partial charge in [0.15, 0.2) is 0 Å². The first-order valence-corrected chi connectivity index (χ1v) is 13.8. The molecule has 1 N–H and O–H groups in total. The summed E-state index contributed by atoms with van der Waals surface area (Å²) in [5, 5.41) is 0. The molecule has 33 heavy (non-hydrogen) atoms. The maximum absolute atomic E-state index is 13.3. The summed E-state index contributed by atoms with van der Waals surface area (Å²) >= 11 is 0. The molecular weight excluding hydrogens is 464 g/mol. The van der Waals surface area contributed by atoms with Gasteiger partial charge in [0.25, 0.3) is 10.0 Å². The van der Waals surface area contributed by atoms with E-state index in [9.17, 15) is 16.8 Å². The molecule has 1 aliphatic heterocycles. The standard InChI is InChI=1S/C23H32N2O6S2/c1-16(2)19-15-22(17(3)13-21(19)31-5)32(26,27)24-18-9-10-20(30-4)23(14-18)33(28,29)25-11-7-6-8-12-25/h9-10,13-16,24H,6-8,11-12H2,1-5H3. The topological polar surface area (TPSA) is 102 Å². The van der Waals surface area contributed by atoms with Crippen LogP contribution in [0.5, 0.6) is 11.5 Å². The number of piperidine rings is 1. The number of benzene rings is 2. The van der Waals surface area contributed by atoms with Gasteiger partial charge < -0.3 is 9.47 Å². The molecule has 8 nitrogen and oxygen atoms in total. The van der Waals surface area contributed by atoms with Crippen LogP contribution < -0.4 is 14.2 Å². The normalized spacial score (nSPS) is 15.5. The van der Waals surface area contributed by atoms with Crippen LogP contribution in [0.2, 0.25) is 0 Å². The van der Waals surface area contributed by atoms with Gasteiger partial charge >= 0.3 is 0 Å². The van der Waals surface area contributed by atoms with Gasteiger partial charge in [-0.2, -0.15) is 4.31 Å². The molecule has 0 unspecified atom stereocenters. The number of nitrogens with one attached hydrogen (secondary N) is 1. The third-order valence-corrected chi connectivity index (χ3v) is 9.23. The Morgan fingerprint density at radius 2 is 1.52 bits per heavy atom. The van der Waals surface area contributed by atoms with Gasteiger partial charge in [0.05, 0.1) is 24.8 Å². The van der Waals surface area contributed by atoms with Crippen LogP contribution in [0.4, 0.5) is 5.69 Å². The summed E-state index contributed by atoms with van der Waals surface area (Å²) in [4.78, 5) is 0.0599. The Bertz CT molecular complexity index is 1220. The zero-order chi connectivity index (χ0) is 24.4. The van der Waals surface area contributed by atoms with E-state index in [0.717, 1.165) is 24.8 Å². The van der Waals surface area contributed by atoms with Crippen molar-refractivity contribution in [3.63, 3.8) is 0 Å². The molecule has 0 amide bonds. The fraction of sp³-hybridized carbons (Fsp3) is 0.478. The van der Waals surface area contributed by atoms with Crippen molar-refractivity contribution in [2.45, 2.75) is 55.7 Å². The van der Waals surface area contributed by atoms with E-state index < -0.39 is 20.0 Å². The fourth-order valence-corrected chi connectivity index (χ4v) is 7.00. The predicted octanol–water partition coefficient (Wildman–Crippen LogP) is 4.11. The van der Waals surface area contributed by atoms with Gasteiger partial charge in [0.2, 0.25) is 10.0 Å². The lowest BCUT2D eigenvalue weighted by molar-refractivity contribution is 0.343. The van der Waals surface area contributed by atoms with Crippen LogP contribution in [0, 0.1) is 6.92 Å². The zero-order valence-electron chi connectivity index (χ0n) is 19.7. The Labute approximate surface area is 197 Å². The van der Waals surface area contributed by atoms with Crippen molar-refractivity contribution in [2.75, 3.05) is 32.0 Å². The lowest BCUT2D eigenvalue weighted by Crippen LogP contribution is -2.35. The number of sulfonamides is 2. The molecule has 0 radical (unpaired) electrons. The summed E-state index contributed by atoms with van der Waals surface area (Å²) in [6.07, 6.45) is 2.58. The third kappa shape index (κ3) is 5.28. The Morgan fingerprint density at radius 3 is 2.09 bits per heavy atom. The van der Waals surface area contributed by atoms with Crippen LogP contribution in [-0.4, -0.2) is 48.4 Å². The predicted molar refractivity (Wildman–Crippen MR) is 128 cm³/mol. The molecule has 10 heteroatoms. The van der Waals surface area contributed by atoms with E-state index in [1.54, 1.807) is 26.2 Å². The summed E-state index contributed by atoms with van der Waals surface area (Å²) in [5.41, 5.74) is 1.44. The van der Waals surface area contributed by atoms with Gasteiger partial charge in [0, 0.05) is 13.1 Å². The summed E-state index contributed by atoms with van der Waals surface area (Å²) in [6, 6.07) is 7.59. The Kier molecular flexibility index (Phi) is 7.60. The smallest absolute Gasteiger partial charge is 0.262 e. The van der Waals surface area contributed by atoms with E-state index in [2.05, 4.69) is 4.72 Å². The van der Waals surface area contributed by atoms with Crippen molar-refractivity contribution < 1.29 is 26.3 Å². The van der Waals surface area contributed by atoms with Crippen LogP contribution in [0.3, 0.4) is 0 Å². The monoisotopic (exact) mass is 496 g/mol. The molecule has 1 fully saturated rings. The number of hydrogen-bond donors (Lipinski definition) is 1. The number of hydrogen-bond acceptors (Lipinski definition) is 6. The molecule has 2 aromatic carbocycles. The Morgan fingerprint density at radius 1 is 0.879 bits per heavy atom. The van der Waals surface area contributed by atoms with Crippen LogP contribution in [0.15, 0.2) is 40.1 Å². The van der Waals surface area contributed by atoms with E-state index in [1.165, 1.54) is 29.6 Å². The molecule has 1 aliphatic rings. The second kappa shape index (κ2) is 9.90. The quantitative estimate of drug-likeness (QED) is 0.590. The molecular formula is C23H32N2O6S2. The maximum atomic E-state index is 13.3. The average Bonchev–Trinajstić information content (AvgIpc) is 2.78. The molecule has 1 saturated heterocycles. The van der Waals surface area contributed by atoms with Gasteiger partial charge in [-0.3, -0.25) is 4.72 Å². The van der Waals surface area contributed by atoms with Crippen LogP contribution in [-0.2, 0) is 20.0 Å². The first-order chi connectivity index (χ1) is 15.5. The summed E-state index contributed by atoms with van der Waals surface area (Å²) in [7, 11) is -4.87. The largest absolute Gasteiger partial charge is 0.496 e. The Hall–Kier alpha value is -2.30. The number of nitrogens with zero attached hydrogens (tertiary/aromatic N) is 1. The minimum absolute atomic E-state index is 0.0526. The molecule has 0 bridgehead atoms. The van der Waals surface area contributed by atoms with E-state index in [1.807, 2.05) is 13.8 Å². The first kappa shape index (κ1) is 25.3. The first-order valence-electron chi connectivity index (χ1n) is 10.9. The van der Waals surface area contributed by atoms with Crippen LogP contribution in [0.25, 0.3) is 0 Å². The van der Waals surface area contributed by atoms with Crippen molar-refractivity contribution in [3.8, 4) is 11.5 Å². The van der Waals surface area contributed by atoms with Crippen LogP contribution in [0.1, 0.15) is 50.2 Å². The van der Waals surface area contributed by atoms with Gasteiger partial charge in [-0.05, 0) is 67.1 Å².